The van der Waals surface area contributed by atoms with Gasteiger partial charge in [0.25, 0.3) is 5.91 Å². The van der Waals surface area contributed by atoms with E-state index in [-0.39, 0.29) is 22.2 Å². The molecular weight excluding hydrogens is 335 g/mol. The fraction of sp³-hybridized carbons (Fsp3) is 0.0588. The third-order valence-corrected chi connectivity index (χ3v) is 3.99. The van der Waals surface area contributed by atoms with Gasteiger partial charge in [-0.2, -0.15) is 5.26 Å². The lowest BCUT2D eigenvalue weighted by atomic mass is 10.1. The average molecular weight is 345 g/mol. The topological polar surface area (TPSA) is 55.0 Å². The summed E-state index contributed by atoms with van der Waals surface area (Å²) in [6.07, 6.45) is 1.50. The first-order valence-corrected chi connectivity index (χ1v) is 7.40. The van der Waals surface area contributed by atoms with Gasteiger partial charge in [-0.15, -0.1) is 0 Å². The predicted octanol–water partition coefficient (Wildman–Crippen LogP) is 4.52. The Morgan fingerprint density at radius 1 is 1.26 bits per heavy atom. The Kier molecular flexibility index (Phi) is 3.99. The molecule has 3 aromatic rings. The molecule has 0 aliphatic rings. The van der Waals surface area contributed by atoms with Crippen LogP contribution in [-0.2, 0) is 0 Å². The number of hydrogen-bond donors (Lipinski definition) is 0. The molecule has 3 rings (SSSR count). The van der Waals surface area contributed by atoms with Crippen LogP contribution in [0.5, 0.6) is 5.75 Å². The number of methoxy groups -OCH3 is 1. The molecule has 23 heavy (non-hydrogen) atoms. The van der Waals surface area contributed by atoms with E-state index >= 15 is 0 Å². The highest BCUT2D eigenvalue weighted by Gasteiger charge is 2.21. The summed E-state index contributed by atoms with van der Waals surface area (Å²) in [6.45, 7) is 0. The molecule has 0 N–H and O–H groups in total. The zero-order valence-corrected chi connectivity index (χ0v) is 13.5. The highest BCUT2D eigenvalue weighted by Crippen LogP contribution is 2.33. The minimum absolute atomic E-state index is 0.232. The van der Waals surface area contributed by atoms with Crippen molar-refractivity contribution in [3.8, 4) is 11.8 Å². The molecule has 0 fully saturated rings. The number of hydrogen-bond acceptors (Lipinski definition) is 3. The first-order chi connectivity index (χ1) is 11.1. The van der Waals surface area contributed by atoms with E-state index in [9.17, 15) is 10.1 Å². The van der Waals surface area contributed by atoms with Crippen molar-refractivity contribution < 1.29 is 9.53 Å². The van der Waals surface area contributed by atoms with E-state index < -0.39 is 0 Å². The van der Waals surface area contributed by atoms with Crippen LogP contribution in [0.15, 0.2) is 42.6 Å². The van der Waals surface area contributed by atoms with Gasteiger partial charge in [-0.1, -0.05) is 41.4 Å². The molecule has 4 nitrogen and oxygen atoms in total. The third-order valence-electron chi connectivity index (χ3n) is 3.49. The van der Waals surface area contributed by atoms with Crippen LogP contribution in [0.4, 0.5) is 0 Å². The fourth-order valence-corrected chi connectivity index (χ4v) is 3.06. The normalized spacial score (nSPS) is 10.5. The second kappa shape index (κ2) is 5.96. The molecular formula is C17H10Cl2N2O2. The number of carbonyl (C=O) groups excluding carboxylic acids is 1. The van der Waals surface area contributed by atoms with Gasteiger partial charge in [-0.3, -0.25) is 9.36 Å². The summed E-state index contributed by atoms with van der Waals surface area (Å²) in [5.74, 6) is -0.124. The zero-order valence-electron chi connectivity index (χ0n) is 12.0. The van der Waals surface area contributed by atoms with Crippen molar-refractivity contribution in [3.63, 3.8) is 0 Å². The molecule has 0 spiro atoms. The summed E-state index contributed by atoms with van der Waals surface area (Å²) < 4.78 is 6.63. The van der Waals surface area contributed by atoms with Crippen LogP contribution in [0.2, 0.25) is 10.0 Å². The van der Waals surface area contributed by atoms with Crippen molar-refractivity contribution in [1.29, 1.82) is 5.26 Å². The molecule has 0 unspecified atom stereocenters. The van der Waals surface area contributed by atoms with Crippen LogP contribution < -0.4 is 4.74 Å². The van der Waals surface area contributed by atoms with Gasteiger partial charge in [-0.05, 0) is 18.2 Å². The van der Waals surface area contributed by atoms with Crippen LogP contribution in [0.25, 0.3) is 10.9 Å². The maximum Gasteiger partial charge on any atom is 0.266 e. The minimum atomic E-state index is -0.371. The summed E-state index contributed by atoms with van der Waals surface area (Å²) >= 11 is 12.1. The molecule has 0 amide bonds. The van der Waals surface area contributed by atoms with E-state index in [2.05, 4.69) is 6.07 Å². The average Bonchev–Trinajstić information content (AvgIpc) is 2.92. The minimum Gasteiger partial charge on any atom is -0.494 e. The summed E-state index contributed by atoms with van der Waals surface area (Å²) in [5, 5.41) is 10.5. The molecule has 0 radical (unpaired) electrons. The first kappa shape index (κ1) is 15.4. The first-order valence-electron chi connectivity index (χ1n) is 6.64. The Morgan fingerprint density at radius 3 is 2.70 bits per heavy atom. The van der Waals surface area contributed by atoms with Crippen molar-refractivity contribution in [3.05, 3.63) is 63.8 Å². The number of benzene rings is 2. The van der Waals surface area contributed by atoms with Gasteiger partial charge in [0.1, 0.15) is 11.8 Å². The van der Waals surface area contributed by atoms with Crippen LogP contribution in [0, 0.1) is 11.3 Å². The lowest BCUT2D eigenvalue weighted by Gasteiger charge is -2.11. The zero-order chi connectivity index (χ0) is 16.6. The van der Waals surface area contributed by atoms with Gasteiger partial charge in [0, 0.05) is 16.6 Å². The van der Waals surface area contributed by atoms with Gasteiger partial charge in [0.05, 0.1) is 28.8 Å². The second-order valence-corrected chi connectivity index (χ2v) is 5.66. The van der Waals surface area contributed by atoms with Gasteiger partial charge < -0.3 is 4.74 Å². The van der Waals surface area contributed by atoms with Crippen molar-refractivity contribution in [2.45, 2.75) is 0 Å². The number of aromatic nitrogens is 1. The number of nitrogens with zero attached hydrogens (tertiary/aromatic N) is 2. The quantitative estimate of drug-likeness (QED) is 0.686. The predicted molar refractivity (Wildman–Crippen MR) is 89.4 cm³/mol. The van der Waals surface area contributed by atoms with E-state index in [1.54, 1.807) is 18.2 Å². The van der Waals surface area contributed by atoms with E-state index in [0.29, 0.717) is 21.5 Å². The Balaban J connectivity index is 2.25. The van der Waals surface area contributed by atoms with E-state index in [1.165, 1.54) is 30.0 Å². The van der Waals surface area contributed by atoms with Gasteiger partial charge in [0.2, 0.25) is 0 Å². The molecule has 0 aliphatic heterocycles. The lowest BCUT2D eigenvalue weighted by Crippen LogP contribution is -2.12. The molecule has 2 aromatic carbocycles. The molecule has 0 saturated heterocycles. The van der Waals surface area contributed by atoms with Crippen LogP contribution in [0.1, 0.15) is 15.9 Å². The highest BCUT2D eigenvalue weighted by atomic mass is 35.5. The second-order valence-electron chi connectivity index (χ2n) is 4.82. The largest absolute Gasteiger partial charge is 0.494 e. The number of fused-ring (bicyclic) bond motifs is 1. The van der Waals surface area contributed by atoms with Crippen molar-refractivity contribution in [2.24, 2.45) is 0 Å². The monoisotopic (exact) mass is 344 g/mol. The molecule has 0 atom stereocenters. The smallest absolute Gasteiger partial charge is 0.266 e. The third kappa shape index (κ3) is 2.55. The van der Waals surface area contributed by atoms with Crippen LogP contribution >= 0.6 is 23.2 Å². The highest BCUT2D eigenvalue weighted by molar-refractivity contribution is 6.36. The summed E-state index contributed by atoms with van der Waals surface area (Å²) in [5.41, 5.74) is 1.28. The number of para-hydroxylation sites is 1. The van der Waals surface area contributed by atoms with Crippen LogP contribution in [0.3, 0.4) is 0 Å². The molecule has 0 saturated carbocycles. The molecule has 1 aromatic heterocycles. The molecule has 6 heteroatoms. The molecule has 0 bridgehead atoms. The fourth-order valence-electron chi connectivity index (χ4n) is 2.49. The number of halogens is 2. The van der Waals surface area contributed by atoms with Gasteiger partial charge in [-0.25, -0.2) is 0 Å². The Hall–Kier alpha value is -2.48. The Bertz CT molecular complexity index is 971. The van der Waals surface area contributed by atoms with E-state index in [1.807, 2.05) is 6.07 Å². The molecule has 1 heterocycles. The van der Waals surface area contributed by atoms with Gasteiger partial charge in [0.15, 0.2) is 0 Å². The van der Waals surface area contributed by atoms with Crippen molar-refractivity contribution in [1.82, 2.24) is 4.57 Å². The lowest BCUT2D eigenvalue weighted by molar-refractivity contribution is 0.0962. The van der Waals surface area contributed by atoms with Crippen LogP contribution in [-0.4, -0.2) is 17.6 Å². The maximum absolute atomic E-state index is 12.9. The summed E-state index contributed by atoms with van der Waals surface area (Å²) in [4.78, 5) is 12.9. The van der Waals surface area contributed by atoms with Crippen molar-refractivity contribution in [2.75, 3.05) is 7.11 Å². The van der Waals surface area contributed by atoms with E-state index in [0.717, 1.165) is 0 Å². The van der Waals surface area contributed by atoms with Crippen molar-refractivity contribution >= 4 is 40.0 Å². The number of rotatable bonds is 2. The Labute approximate surface area is 142 Å². The summed E-state index contributed by atoms with van der Waals surface area (Å²) in [7, 11) is 1.43. The standard InChI is InChI=1S/C17H10Cl2N2O2/c1-23-16-13(6-11(18)7-14(16)19)17(22)21-9-10(8-20)12-4-2-3-5-15(12)21/h2-7,9H,1H3. The number of nitriles is 1. The number of ether oxygens (including phenoxy) is 1. The summed E-state index contributed by atoms with van der Waals surface area (Å²) in [6, 6.07) is 12.3. The Morgan fingerprint density at radius 2 is 2.00 bits per heavy atom. The maximum atomic E-state index is 12.9. The van der Waals surface area contributed by atoms with E-state index in [4.69, 9.17) is 27.9 Å². The SMILES string of the molecule is COc1c(Cl)cc(Cl)cc1C(=O)n1cc(C#N)c2ccccc21. The van der Waals surface area contributed by atoms with Gasteiger partial charge >= 0.3 is 0 Å². The molecule has 0 aliphatic carbocycles. The molecule has 114 valence electrons. The number of carbonyl (C=O) groups is 1.